The molecule has 1 atom stereocenters. The number of hydrogen-bond acceptors (Lipinski definition) is 3. The highest BCUT2D eigenvalue weighted by Gasteiger charge is 2.13. The number of nitrogens with one attached hydrogen (secondary N) is 1. The third kappa shape index (κ3) is 4.18. The van der Waals surface area contributed by atoms with E-state index in [1.807, 2.05) is 29.7 Å². The number of aromatic nitrogens is 2. The minimum atomic E-state index is 0.418. The zero-order valence-electron chi connectivity index (χ0n) is 10.7. The molecule has 0 saturated heterocycles. The molecule has 0 saturated carbocycles. The van der Waals surface area contributed by atoms with Crippen molar-refractivity contribution in [3.63, 3.8) is 0 Å². The van der Waals surface area contributed by atoms with Crippen LogP contribution in [0, 0.1) is 5.92 Å². The maximum Gasteiger partial charge on any atom is 0.0583 e. The van der Waals surface area contributed by atoms with Crippen molar-refractivity contribution in [1.82, 2.24) is 15.1 Å². The van der Waals surface area contributed by atoms with E-state index in [0.717, 1.165) is 18.2 Å². The maximum atomic E-state index is 4.23. The average Bonchev–Trinajstić information content (AvgIpc) is 2.63. The molecule has 1 rings (SSSR count). The van der Waals surface area contributed by atoms with Gasteiger partial charge in [-0.3, -0.25) is 4.68 Å². The monoisotopic (exact) mass is 241 g/mol. The number of aryl methyl sites for hydroxylation is 1. The number of rotatable bonds is 7. The summed E-state index contributed by atoms with van der Waals surface area (Å²) >= 11 is 2.01. The molecular formula is C12H23N3S. The van der Waals surface area contributed by atoms with Gasteiger partial charge in [-0.2, -0.15) is 16.9 Å². The molecule has 0 aromatic carbocycles. The zero-order valence-corrected chi connectivity index (χ0v) is 11.5. The van der Waals surface area contributed by atoms with E-state index < -0.39 is 0 Å². The van der Waals surface area contributed by atoms with E-state index >= 15 is 0 Å². The smallest absolute Gasteiger partial charge is 0.0583 e. The van der Waals surface area contributed by atoms with Crippen molar-refractivity contribution >= 4 is 11.8 Å². The number of nitrogens with zero attached hydrogens (tertiary/aromatic N) is 2. The van der Waals surface area contributed by atoms with E-state index in [0.29, 0.717) is 6.04 Å². The molecule has 0 bridgehead atoms. The Labute approximate surface area is 103 Å². The van der Waals surface area contributed by atoms with Crippen molar-refractivity contribution in [3.05, 3.63) is 18.0 Å². The summed E-state index contributed by atoms with van der Waals surface area (Å²) in [5, 5.41) is 7.75. The first-order valence-corrected chi connectivity index (χ1v) is 7.09. The van der Waals surface area contributed by atoms with Crippen molar-refractivity contribution in [2.75, 3.05) is 18.1 Å². The Hall–Kier alpha value is -0.480. The zero-order chi connectivity index (χ0) is 12.0. The Morgan fingerprint density at radius 1 is 1.44 bits per heavy atom. The lowest BCUT2D eigenvalue weighted by molar-refractivity contribution is 0.552. The summed E-state index contributed by atoms with van der Waals surface area (Å²) in [6, 6.07) is 2.52. The molecule has 1 heterocycles. The molecule has 0 amide bonds. The van der Waals surface area contributed by atoms with Crippen LogP contribution in [0.25, 0.3) is 0 Å². The van der Waals surface area contributed by atoms with Crippen molar-refractivity contribution in [2.24, 2.45) is 13.0 Å². The Bertz CT molecular complexity index is 296. The van der Waals surface area contributed by atoms with Gasteiger partial charge in [-0.05, 0) is 24.3 Å². The minimum Gasteiger partial charge on any atom is -0.308 e. The summed E-state index contributed by atoms with van der Waals surface area (Å²) in [5.74, 6) is 3.10. The maximum absolute atomic E-state index is 4.23. The lowest BCUT2D eigenvalue weighted by atomic mass is 10.2. The Balaban J connectivity index is 2.51. The molecule has 92 valence electrons. The highest BCUT2D eigenvalue weighted by atomic mass is 32.2. The molecule has 0 spiro atoms. The summed E-state index contributed by atoms with van der Waals surface area (Å²) in [6.45, 7) is 7.67. The fourth-order valence-electron chi connectivity index (χ4n) is 1.64. The molecule has 0 aliphatic carbocycles. The van der Waals surface area contributed by atoms with Gasteiger partial charge in [0.1, 0.15) is 0 Å². The molecule has 4 heteroatoms. The highest BCUT2D eigenvalue weighted by Crippen LogP contribution is 2.19. The van der Waals surface area contributed by atoms with Crippen molar-refractivity contribution < 1.29 is 0 Å². The molecule has 3 nitrogen and oxygen atoms in total. The van der Waals surface area contributed by atoms with E-state index in [1.165, 1.54) is 11.4 Å². The van der Waals surface area contributed by atoms with Crippen LogP contribution in [-0.4, -0.2) is 27.8 Å². The second-order valence-electron chi connectivity index (χ2n) is 4.42. The van der Waals surface area contributed by atoms with Gasteiger partial charge in [-0.25, -0.2) is 0 Å². The molecule has 0 aliphatic rings. The van der Waals surface area contributed by atoms with Crippen molar-refractivity contribution in [1.29, 1.82) is 0 Å². The quantitative estimate of drug-likeness (QED) is 0.795. The number of hydrogen-bond donors (Lipinski definition) is 1. The van der Waals surface area contributed by atoms with Crippen LogP contribution in [0.2, 0.25) is 0 Å². The molecule has 0 fully saturated rings. The lowest BCUT2D eigenvalue weighted by Gasteiger charge is -2.18. The van der Waals surface area contributed by atoms with Gasteiger partial charge < -0.3 is 5.32 Å². The summed E-state index contributed by atoms with van der Waals surface area (Å²) < 4.78 is 1.96. The van der Waals surface area contributed by atoms with Gasteiger partial charge in [0, 0.05) is 19.0 Å². The molecule has 1 aromatic heterocycles. The third-order valence-electron chi connectivity index (χ3n) is 2.40. The SMILES string of the molecule is CCNC(CSCC(C)C)c1ccnn1C. The molecule has 0 radical (unpaired) electrons. The predicted molar refractivity (Wildman–Crippen MR) is 71.8 cm³/mol. The normalized spacial score (nSPS) is 13.3. The highest BCUT2D eigenvalue weighted by molar-refractivity contribution is 7.99. The van der Waals surface area contributed by atoms with Crippen LogP contribution in [0.4, 0.5) is 0 Å². The molecule has 1 unspecified atom stereocenters. The van der Waals surface area contributed by atoms with Crippen LogP contribution in [-0.2, 0) is 7.05 Å². The van der Waals surface area contributed by atoms with Gasteiger partial charge in [0.05, 0.1) is 11.7 Å². The average molecular weight is 241 g/mol. The minimum absolute atomic E-state index is 0.418. The Morgan fingerprint density at radius 2 is 2.19 bits per heavy atom. The largest absolute Gasteiger partial charge is 0.308 e. The first-order valence-electron chi connectivity index (χ1n) is 5.94. The van der Waals surface area contributed by atoms with E-state index in [1.54, 1.807) is 0 Å². The van der Waals surface area contributed by atoms with Gasteiger partial charge in [-0.1, -0.05) is 20.8 Å². The fourth-order valence-corrected chi connectivity index (χ4v) is 2.77. The van der Waals surface area contributed by atoms with E-state index in [-0.39, 0.29) is 0 Å². The van der Waals surface area contributed by atoms with Gasteiger partial charge in [0.15, 0.2) is 0 Å². The second-order valence-corrected chi connectivity index (χ2v) is 5.50. The van der Waals surface area contributed by atoms with Crippen LogP contribution in [0.15, 0.2) is 12.3 Å². The first kappa shape index (κ1) is 13.6. The molecule has 0 aliphatic heterocycles. The van der Waals surface area contributed by atoms with Crippen LogP contribution < -0.4 is 5.32 Å². The third-order valence-corrected chi connectivity index (χ3v) is 3.87. The summed E-state index contributed by atoms with van der Waals surface area (Å²) in [7, 11) is 2.01. The van der Waals surface area contributed by atoms with E-state index in [9.17, 15) is 0 Å². The molecule has 16 heavy (non-hydrogen) atoms. The van der Waals surface area contributed by atoms with Gasteiger partial charge in [0.25, 0.3) is 0 Å². The fraction of sp³-hybridized carbons (Fsp3) is 0.750. The van der Waals surface area contributed by atoms with Crippen LogP contribution in [0.3, 0.4) is 0 Å². The molecular weight excluding hydrogens is 218 g/mol. The summed E-state index contributed by atoms with van der Waals surface area (Å²) in [4.78, 5) is 0. The van der Waals surface area contributed by atoms with Crippen LogP contribution in [0.1, 0.15) is 32.5 Å². The van der Waals surface area contributed by atoms with Crippen molar-refractivity contribution in [2.45, 2.75) is 26.8 Å². The lowest BCUT2D eigenvalue weighted by Crippen LogP contribution is -2.25. The second kappa shape index (κ2) is 6.97. The first-order chi connectivity index (χ1) is 7.65. The topological polar surface area (TPSA) is 29.9 Å². The molecule has 1 N–H and O–H groups in total. The summed E-state index contributed by atoms with van der Waals surface area (Å²) in [6.07, 6.45) is 1.87. The van der Waals surface area contributed by atoms with Crippen LogP contribution in [0.5, 0.6) is 0 Å². The molecule has 1 aromatic rings. The van der Waals surface area contributed by atoms with E-state index in [2.05, 4.69) is 37.3 Å². The Morgan fingerprint density at radius 3 is 2.69 bits per heavy atom. The van der Waals surface area contributed by atoms with Crippen LogP contribution >= 0.6 is 11.8 Å². The number of thioether (sulfide) groups is 1. The summed E-state index contributed by atoms with van der Waals surface area (Å²) in [5.41, 5.74) is 1.28. The predicted octanol–water partition coefficient (Wildman–Crippen LogP) is 2.46. The van der Waals surface area contributed by atoms with E-state index in [4.69, 9.17) is 0 Å². The standard InChI is InChI=1S/C12H23N3S/c1-5-13-11(9-16-8-10(2)3)12-6-7-14-15(12)4/h6-7,10-11,13H,5,8-9H2,1-4H3. The van der Waals surface area contributed by atoms with Gasteiger partial charge >= 0.3 is 0 Å². The Kier molecular flexibility index (Phi) is 5.91. The van der Waals surface area contributed by atoms with Crippen molar-refractivity contribution in [3.8, 4) is 0 Å². The van der Waals surface area contributed by atoms with Gasteiger partial charge in [0.2, 0.25) is 0 Å². The van der Waals surface area contributed by atoms with Gasteiger partial charge in [-0.15, -0.1) is 0 Å².